The van der Waals surface area contributed by atoms with Crippen LogP contribution >= 0.6 is 0 Å². The highest BCUT2D eigenvalue weighted by Gasteiger charge is 2.15. The van der Waals surface area contributed by atoms with Crippen molar-refractivity contribution in [3.05, 3.63) is 105 Å². The minimum Gasteiger partial charge on any atom is -0.247 e. The summed E-state index contributed by atoms with van der Waals surface area (Å²) in [5, 5.41) is 4.41. The van der Waals surface area contributed by atoms with Gasteiger partial charge in [-0.2, -0.15) is 5.10 Å². The maximum atomic E-state index is 12.6. The fraction of sp³-hybridized carbons (Fsp3) is 0.158. The fourth-order valence-corrected chi connectivity index (χ4v) is 2.72. The molecule has 0 fully saturated rings. The molecule has 27 heavy (non-hydrogen) atoms. The number of aromatic nitrogens is 5. The van der Waals surface area contributed by atoms with Gasteiger partial charge in [0.1, 0.15) is 0 Å². The molecule has 0 aliphatic carbocycles. The highest BCUT2D eigenvalue weighted by molar-refractivity contribution is 5.30. The molecule has 0 N–H and O–H groups in total. The van der Waals surface area contributed by atoms with Crippen LogP contribution in [-0.4, -0.2) is 23.5 Å². The van der Waals surface area contributed by atoms with Crippen molar-refractivity contribution in [3.63, 3.8) is 0 Å². The van der Waals surface area contributed by atoms with E-state index >= 15 is 0 Å². The zero-order valence-corrected chi connectivity index (χ0v) is 14.7. The molecule has 0 bridgehead atoms. The summed E-state index contributed by atoms with van der Waals surface area (Å²) in [6.07, 6.45) is 4.61. The van der Waals surface area contributed by atoms with Gasteiger partial charge in [-0.05, 0) is 18.2 Å². The van der Waals surface area contributed by atoms with E-state index in [0.717, 1.165) is 19.4 Å². The van der Waals surface area contributed by atoms with Crippen molar-refractivity contribution in [2.24, 2.45) is 0 Å². The molecule has 2 aromatic heterocycles. The van der Waals surface area contributed by atoms with Crippen molar-refractivity contribution in [2.75, 3.05) is 0 Å². The molecule has 0 atom stereocenters. The predicted octanol–water partition coefficient (Wildman–Crippen LogP) is 0.778. The number of hydrogen-bond donors (Lipinski definition) is 0. The number of rotatable bonds is 7. The van der Waals surface area contributed by atoms with E-state index in [0.29, 0.717) is 5.69 Å². The van der Waals surface area contributed by atoms with Crippen LogP contribution < -0.4 is 17.1 Å². The molecular weight excluding hydrogens is 346 g/mol. The second-order valence-electron chi connectivity index (χ2n) is 5.82. The molecule has 3 aromatic rings. The van der Waals surface area contributed by atoms with Crippen molar-refractivity contribution in [1.82, 2.24) is 23.5 Å². The SMILES string of the molecule is C=CCn1c(=O)n(CC=C)c(=O)n(Cc2ccn(-c3ccccc3)n2)c1=O. The molecule has 138 valence electrons. The highest BCUT2D eigenvalue weighted by atomic mass is 16.2. The van der Waals surface area contributed by atoms with Gasteiger partial charge < -0.3 is 0 Å². The Morgan fingerprint density at radius 3 is 1.93 bits per heavy atom. The van der Waals surface area contributed by atoms with Gasteiger partial charge in [-0.1, -0.05) is 30.4 Å². The van der Waals surface area contributed by atoms with Gasteiger partial charge >= 0.3 is 17.1 Å². The van der Waals surface area contributed by atoms with Crippen LogP contribution in [-0.2, 0) is 19.6 Å². The van der Waals surface area contributed by atoms with Gasteiger partial charge in [0.05, 0.1) is 31.0 Å². The molecule has 0 unspecified atom stereocenters. The van der Waals surface area contributed by atoms with E-state index in [9.17, 15) is 14.4 Å². The Balaban J connectivity index is 2.07. The molecule has 0 saturated heterocycles. The average Bonchev–Trinajstić information content (AvgIpc) is 3.15. The summed E-state index contributed by atoms with van der Waals surface area (Å²) in [5.41, 5.74) is -0.696. The summed E-state index contributed by atoms with van der Waals surface area (Å²) in [6, 6.07) is 11.2. The van der Waals surface area contributed by atoms with Crippen molar-refractivity contribution in [2.45, 2.75) is 19.6 Å². The average molecular weight is 365 g/mol. The Bertz CT molecular complexity index is 1100. The minimum atomic E-state index is -0.695. The van der Waals surface area contributed by atoms with Crippen LogP contribution in [0.1, 0.15) is 5.69 Å². The Labute approximate surface area is 154 Å². The largest absolute Gasteiger partial charge is 0.336 e. The summed E-state index contributed by atoms with van der Waals surface area (Å²) in [6.45, 7) is 7.08. The molecule has 3 rings (SSSR count). The van der Waals surface area contributed by atoms with Gasteiger partial charge in [0.25, 0.3) is 0 Å². The van der Waals surface area contributed by atoms with E-state index in [1.165, 1.54) is 12.2 Å². The van der Waals surface area contributed by atoms with E-state index in [2.05, 4.69) is 18.3 Å². The first-order valence-electron chi connectivity index (χ1n) is 8.33. The Hall–Kier alpha value is -3.68. The standard InChI is InChI=1S/C19H19N5O3/c1-3-11-21-17(25)22(12-4-2)19(27)23(18(21)26)14-15-10-13-24(20-15)16-8-6-5-7-9-16/h3-10,13H,1-2,11-12,14H2. The lowest BCUT2D eigenvalue weighted by Crippen LogP contribution is -2.54. The summed E-state index contributed by atoms with van der Waals surface area (Å²) in [7, 11) is 0. The Kier molecular flexibility index (Phi) is 5.16. The van der Waals surface area contributed by atoms with E-state index in [-0.39, 0.29) is 19.6 Å². The Morgan fingerprint density at radius 1 is 0.815 bits per heavy atom. The summed E-state index contributed by atoms with van der Waals surface area (Å²) in [5.74, 6) is 0. The van der Waals surface area contributed by atoms with Crippen molar-refractivity contribution < 1.29 is 0 Å². The first kappa shape index (κ1) is 18.1. The normalized spacial score (nSPS) is 10.7. The van der Waals surface area contributed by atoms with Crippen LogP contribution in [0.4, 0.5) is 0 Å². The molecule has 1 aromatic carbocycles. The molecular formula is C19H19N5O3. The maximum absolute atomic E-state index is 12.6. The van der Waals surface area contributed by atoms with Crippen LogP contribution in [0.5, 0.6) is 0 Å². The van der Waals surface area contributed by atoms with E-state index < -0.39 is 17.1 Å². The second-order valence-corrected chi connectivity index (χ2v) is 5.82. The molecule has 0 radical (unpaired) electrons. The molecule has 0 amide bonds. The van der Waals surface area contributed by atoms with Gasteiger partial charge in [0, 0.05) is 6.20 Å². The van der Waals surface area contributed by atoms with Crippen LogP contribution in [0.2, 0.25) is 0 Å². The van der Waals surface area contributed by atoms with E-state index in [1.807, 2.05) is 30.3 Å². The van der Waals surface area contributed by atoms with E-state index in [1.54, 1.807) is 16.9 Å². The first-order valence-corrected chi connectivity index (χ1v) is 8.33. The second kappa shape index (κ2) is 7.69. The molecule has 0 aliphatic heterocycles. The van der Waals surface area contributed by atoms with Crippen LogP contribution in [0, 0.1) is 0 Å². The minimum absolute atomic E-state index is 0.00749. The number of allylic oxidation sites excluding steroid dienone is 2. The third kappa shape index (κ3) is 3.50. The van der Waals surface area contributed by atoms with Gasteiger partial charge in [-0.15, -0.1) is 13.2 Å². The van der Waals surface area contributed by atoms with Crippen molar-refractivity contribution in [3.8, 4) is 5.69 Å². The van der Waals surface area contributed by atoms with Crippen LogP contribution in [0.25, 0.3) is 5.69 Å². The van der Waals surface area contributed by atoms with E-state index in [4.69, 9.17) is 0 Å². The number of benzene rings is 1. The summed E-state index contributed by atoms with van der Waals surface area (Å²) in [4.78, 5) is 37.7. The molecule has 2 heterocycles. The van der Waals surface area contributed by atoms with Gasteiger partial charge in [-0.3, -0.25) is 0 Å². The molecule has 8 nitrogen and oxygen atoms in total. The first-order chi connectivity index (χ1) is 13.1. The van der Waals surface area contributed by atoms with Gasteiger partial charge in [-0.25, -0.2) is 32.8 Å². The predicted molar refractivity (Wildman–Crippen MR) is 102 cm³/mol. The topological polar surface area (TPSA) is 83.8 Å². The monoisotopic (exact) mass is 365 g/mol. The van der Waals surface area contributed by atoms with Gasteiger partial charge in [0.15, 0.2) is 0 Å². The zero-order chi connectivity index (χ0) is 19.4. The fourth-order valence-electron chi connectivity index (χ4n) is 2.72. The number of nitrogens with zero attached hydrogens (tertiary/aromatic N) is 5. The molecule has 0 spiro atoms. The third-order valence-electron chi connectivity index (χ3n) is 3.99. The molecule has 0 aliphatic rings. The van der Waals surface area contributed by atoms with Crippen molar-refractivity contribution in [1.29, 1.82) is 0 Å². The maximum Gasteiger partial charge on any atom is 0.336 e. The molecule has 0 saturated carbocycles. The number of para-hydroxylation sites is 1. The quantitative estimate of drug-likeness (QED) is 0.579. The molecule has 8 heteroatoms. The third-order valence-corrected chi connectivity index (χ3v) is 3.99. The van der Waals surface area contributed by atoms with Gasteiger partial charge in [0.2, 0.25) is 0 Å². The van der Waals surface area contributed by atoms with Crippen LogP contribution in [0.15, 0.2) is 82.3 Å². The lowest BCUT2D eigenvalue weighted by Gasteiger charge is -2.11. The summed E-state index contributed by atoms with van der Waals surface area (Å²) >= 11 is 0. The van der Waals surface area contributed by atoms with Crippen LogP contribution in [0.3, 0.4) is 0 Å². The lowest BCUT2D eigenvalue weighted by molar-refractivity contribution is 0.495. The van der Waals surface area contributed by atoms with Crippen molar-refractivity contribution >= 4 is 0 Å². The summed E-state index contributed by atoms with van der Waals surface area (Å²) < 4.78 is 4.58. The number of hydrogen-bond acceptors (Lipinski definition) is 4. The zero-order valence-electron chi connectivity index (χ0n) is 14.7. The Morgan fingerprint density at radius 2 is 1.37 bits per heavy atom. The highest BCUT2D eigenvalue weighted by Crippen LogP contribution is 2.07. The smallest absolute Gasteiger partial charge is 0.247 e. The lowest BCUT2D eigenvalue weighted by atomic mass is 10.3.